The Kier molecular flexibility index (Phi) is 4.28. The van der Waals surface area contributed by atoms with Crippen molar-refractivity contribution in [1.82, 2.24) is 10.3 Å². The van der Waals surface area contributed by atoms with Gasteiger partial charge in [0.2, 0.25) is 0 Å². The van der Waals surface area contributed by atoms with E-state index in [1.807, 2.05) is 30.5 Å². The van der Waals surface area contributed by atoms with Crippen molar-refractivity contribution in [3.05, 3.63) is 42.1 Å². The maximum absolute atomic E-state index is 9.31. The smallest absolute Gasteiger partial charge is 0.0705 e. The summed E-state index contributed by atoms with van der Waals surface area (Å²) in [5.41, 5.74) is 2.24. The van der Waals surface area contributed by atoms with Gasteiger partial charge in [0.15, 0.2) is 0 Å². The highest BCUT2D eigenvalue weighted by atomic mass is 16.3. The molecule has 3 heteroatoms. The highest BCUT2D eigenvalue weighted by Gasteiger charge is 2.11. The third-order valence-corrected chi connectivity index (χ3v) is 3.30. The molecule has 1 atom stereocenters. The SMILES string of the molecule is CC(C)C(CO)NCc1ccnc2ccccc12. The van der Waals surface area contributed by atoms with E-state index in [9.17, 15) is 5.11 Å². The van der Waals surface area contributed by atoms with Gasteiger partial charge >= 0.3 is 0 Å². The summed E-state index contributed by atoms with van der Waals surface area (Å²) >= 11 is 0. The summed E-state index contributed by atoms with van der Waals surface area (Å²) in [4.78, 5) is 4.35. The predicted octanol–water partition coefficient (Wildman–Crippen LogP) is 2.34. The number of hydrogen-bond acceptors (Lipinski definition) is 3. The number of aromatic nitrogens is 1. The molecule has 2 N–H and O–H groups in total. The minimum atomic E-state index is 0.136. The molecule has 0 aliphatic rings. The molecule has 0 saturated carbocycles. The average molecular weight is 244 g/mol. The van der Waals surface area contributed by atoms with Crippen LogP contribution in [-0.2, 0) is 6.54 Å². The molecular weight excluding hydrogens is 224 g/mol. The molecule has 1 aromatic heterocycles. The highest BCUT2D eigenvalue weighted by molar-refractivity contribution is 5.81. The lowest BCUT2D eigenvalue weighted by Gasteiger charge is -2.20. The number of hydrogen-bond donors (Lipinski definition) is 2. The molecule has 2 rings (SSSR count). The Morgan fingerprint density at radius 2 is 2.00 bits per heavy atom. The van der Waals surface area contributed by atoms with Gasteiger partial charge in [0.25, 0.3) is 0 Å². The van der Waals surface area contributed by atoms with E-state index in [0.717, 1.165) is 12.1 Å². The quantitative estimate of drug-likeness (QED) is 0.848. The summed E-state index contributed by atoms with van der Waals surface area (Å²) in [6.07, 6.45) is 1.84. The summed E-state index contributed by atoms with van der Waals surface area (Å²) in [6.45, 7) is 5.14. The lowest BCUT2D eigenvalue weighted by molar-refractivity contribution is 0.210. The number of nitrogens with zero attached hydrogens (tertiary/aromatic N) is 1. The number of rotatable bonds is 5. The van der Waals surface area contributed by atoms with Crippen molar-refractivity contribution < 1.29 is 5.11 Å². The molecule has 1 unspecified atom stereocenters. The Hall–Kier alpha value is -1.45. The monoisotopic (exact) mass is 244 g/mol. The van der Waals surface area contributed by atoms with Crippen molar-refractivity contribution in [2.45, 2.75) is 26.4 Å². The fourth-order valence-electron chi connectivity index (χ4n) is 2.06. The van der Waals surface area contributed by atoms with Gasteiger partial charge in [-0.25, -0.2) is 0 Å². The molecule has 3 nitrogen and oxygen atoms in total. The van der Waals surface area contributed by atoms with E-state index in [2.05, 4.69) is 30.2 Å². The van der Waals surface area contributed by atoms with Crippen molar-refractivity contribution in [3.8, 4) is 0 Å². The van der Waals surface area contributed by atoms with Gasteiger partial charge < -0.3 is 10.4 Å². The first-order chi connectivity index (χ1) is 8.72. The van der Waals surface area contributed by atoms with Crippen LogP contribution in [0.1, 0.15) is 19.4 Å². The molecule has 0 amide bonds. The molecule has 18 heavy (non-hydrogen) atoms. The second kappa shape index (κ2) is 5.94. The molecule has 0 aliphatic heterocycles. The fraction of sp³-hybridized carbons (Fsp3) is 0.400. The number of para-hydroxylation sites is 1. The van der Waals surface area contributed by atoms with Gasteiger partial charge in [-0.15, -0.1) is 0 Å². The Morgan fingerprint density at radius 1 is 1.22 bits per heavy atom. The van der Waals surface area contributed by atoms with Crippen molar-refractivity contribution in [1.29, 1.82) is 0 Å². The molecule has 1 aromatic carbocycles. The molecule has 0 saturated heterocycles. The van der Waals surface area contributed by atoms with Gasteiger partial charge in [-0.2, -0.15) is 0 Å². The highest BCUT2D eigenvalue weighted by Crippen LogP contribution is 2.16. The zero-order valence-corrected chi connectivity index (χ0v) is 10.9. The van der Waals surface area contributed by atoms with E-state index in [1.165, 1.54) is 10.9 Å². The Labute approximate surface area is 108 Å². The minimum absolute atomic E-state index is 0.136. The first kappa shape index (κ1) is 13.0. The lowest BCUT2D eigenvalue weighted by Crippen LogP contribution is -2.36. The van der Waals surface area contributed by atoms with Gasteiger partial charge in [0.05, 0.1) is 12.1 Å². The predicted molar refractivity (Wildman–Crippen MR) is 74.3 cm³/mol. The molecule has 2 aromatic rings. The Balaban J connectivity index is 2.17. The molecule has 96 valence electrons. The largest absolute Gasteiger partial charge is 0.395 e. The van der Waals surface area contributed by atoms with Gasteiger partial charge in [-0.05, 0) is 23.6 Å². The molecule has 0 bridgehead atoms. The van der Waals surface area contributed by atoms with Gasteiger partial charge in [-0.3, -0.25) is 4.98 Å². The molecule has 0 spiro atoms. The second-order valence-corrected chi connectivity index (χ2v) is 4.90. The van der Waals surface area contributed by atoms with Crippen LogP contribution in [0.15, 0.2) is 36.5 Å². The van der Waals surface area contributed by atoms with E-state index in [4.69, 9.17) is 0 Å². The summed E-state index contributed by atoms with van der Waals surface area (Å²) in [6, 6.07) is 10.3. The van der Waals surface area contributed by atoms with Crippen LogP contribution in [0.5, 0.6) is 0 Å². The number of nitrogens with one attached hydrogen (secondary N) is 1. The topological polar surface area (TPSA) is 45.1 Å². The van der Waals surface area contributed by atoms with Crippen molar-refractivity contribution in [2.24, 2.45) is 5.92 Å². The van der Waals surface area contributed by atoms with Crippen LogP contribution >= 0.6 is 0 Å². The summed E-state index contributed by atoms with van der Waals surface area (Å²) < 4.78 is 0. The van der Waals surface area contributed by atoms with Crippen molar-refractivity contribution in [2.75, 3.05) is 6.61 Å². The Bertz CT molecular complexity index is 505. The standard InChI is InChI=1S/C15H20N2O/c1-11(2)15(10-18)17-9-12-7-8-16-14-6-4-3-5-13(12)14/h3-8,11,15,17-18H,9-10H2,1-2H3. The van der Waals surface area contributed by atoms with Crippen LogP contribution in [0.25, 0.3) is 10.9 Å². The molecule has 0 fully saturated rings. The molecule has 1 heterocycles. The molecular formula is C15H20N2O. The number of fused-ring (bicyclic) bond motifs is 1. The second-order valence-electron chi connectivity index (χ2n) is 4.90. The lowest BCUT2D eigenvalue weighted by atomic mass is 10.0. The van der Waals surface area contributed by atoms with Crippen molar-refractivity contribution >= 4 is 10.9 Å². The maximum Gasteiger partial charge on any atom is 0.0705 e. The normalized spacial score (nSPS) is 13.1. The van der Waals surface area contributed by atoms with Gasteiger partial charge in [0, 0.05) is 24.2 Å². The fourth-order valence-corrected chi connectivity index (χ4v) is 2.06. The number of benzene rings is 1. The van der Waals surface area contributed by atoms with E-state index in [-0.39, 0.29) is 12.6 Å². The molecule has 0 radical (unpaired) electrons. The van der Waals surface area contributed by atoms with Crippen LogP contribution in [-0.4, -0.2) is 22.7 Å². The third kappa shape index (κ3) is 2.86. The summed E-state index contributed by atoms with van der Waals surface area (Å²) in [7, 11) is 0. The van der Waals surface area contributed by atoms with Crippen LogP contribution in [0.2, 0.25) is 0 Å². The van der Waals surface area contributed by atoms with Crippen LogP contribution < -0.4 is 5.32 Å². The number of aliphatic hydroxyl groups is 1. The zero-order valence-electron chi connectivity index (χ0n) is 10.9. The van der Waals surface area contributed by atoms with Gasteiger partial charge in [-0.1, -0.05) is 32.0 Å². The Morgan fingerprint density at radius 3 is 2.72 bits per heavy atom. The molecule has 0 aliphatic carbocycles. The van der Waals surface area contributed by atoms with Crippen LogP contribution in [0.3, 0.4) is 0 Å². The van der Waals surface area contributed by atoms with Gasteiger partial charge in [0.1, 0.15) is 0 Å². The maximum atomic E-state index is 9.31. The first-order valence-electron chi connectivity index (χ1n) is 6.39. The van der Waals surface area contributed by atoms with Crippen LogP contribution in [0.4, 0.5) is 0 Å². The van der Waals surface area contributed by atoms with E-state index >= 15 is 0 Å². The van der Waals surface area contributed by atoms with Crippen molar-refractivity contribution in [3.63, 3.8) is 0 Å². The zero-order chi connectivity index (χ0) is 13.0. The third-order valence-electron chi connectivity index (χ3n) is 3.30. The number of aliphatic hydroxyl groups excluding tert-OH is 1. The van der Waals surface area contributed by atoms with E-state index < -0.39 is 0 Å². The van der Waals surface area contributed by atoms with E-state index in [1.54, 1.807) is 0 Å². The van der Waals surface area contributed by atoms with Crippen LogP contribution in [0, 0.1) is 5.92 Å². The number of pyridine rings is 1. The minimum Gasteiger partial charge on any atom is -0.395 e. The summed E-state index contributed by atoms with van der Waals surface area (Å²) in [5, 5.41) is 13.9. The average Bonchev–Trinajstić information content (AvgIpc) is 2.39. The van der Waals surface area contributed by atoms with E-state index in [0.29, 0.717) is 5.92 Å². The first-order valence-corrected chi connectivity index (χ1v) is 6.39. The summed E-state index contributed by atoms with van der Waals surface area (Å²) in [5.74, 6) is 0.420.